The van der Waals surface area contributed by atoms with E-state index in [1.54, 1.807) is 6.92 Å². The smallest absolute Gasteiger partial charge is 0.150 e. The summed E-state index contributed by atoms with van der Waals surface area (Å²) in [5.41, 5.74) is 0. The molecule has 0 radical (unpaired) electrons. The molecule has 0 spiro atoms. The summed E-state index contributed by atoms with van der Waals surface area (Å²) in [7, 11) is -0.863. The molecule has 4 nitrogen and oxygen atoms in total. The fourth-order valence-corrected chi connectivity index (χ4v) is 3.68. The Labute approximate surface area is 111 Å². The summed E-state index contributed by atoms with van der Waals surface area (Å²) in [5, 5.41) is 3.34. The number of hydrogen-bond donors (Lipinski definition) is 1. The number of hydrogen-bond acceptors (Lipinski definition) is 4. The van der Waals surface area contributed by atoms with Crippen LogP contribution in [0.3, 0.4) is 0 Å². The van der Waals surface area contributed by atoms with E-state index >= 15 is 0 Å². The van der Waals surface area contributed by atoms with Crippen molar-refractivity contribution in [2.75, 3.05) is 25.2 Å². The number of rotatable bonds is 8. The molecule has 1 saturated heterocycles. The van der Waals surface area contributed by atoms with Gasteiger partial charge in [-0.05, 0) is 32.7 Å². The van der Waals surface area contributed by atoms with Crippen LogP contribution in [0.15, 0.2) is 0 Å². The third-order valence-electron chi connectivity index (χ3n) is 3.96. The fraction of sp³-hybridized carbons (Fsp3) is 1.00. The summed E-state index contributed by atoms with van der Waals surface area (Å²) in [6.07, 6.45) is 4.13. The van der Waals surface area contributed by atoms with Gasteiger partial charge in [0.2, 0.25) is 0 Å². The van der Waals surface area contributed by atoms with Gasteiger partial charge in [-0.2, -0.15) is 0 Å². The van der Waals surface area contributed by atoms with Crippen molar-refractivity contribution in [2.45, 2.75) is 51.7 Å². The second-order valence-electron chi connectivity index (χ2n) is 5.04. The van der Waals surface area contributed by atoms with E-state index in [1.165, 1.54) is 0 Å². The number of ether oxygens (including phenoxy) is 1. The predicted molar refractivity (Wildman–Crippen MR) is 74.5 cm³/mol. The van der Waals surface area contributed by atoms with Crippen LogP contribution in [0, 0.1) is 5.92 Å². The van der Waals surface area contributed by atoms with Gasteiger partial charge in [-0.3, -0.25) is 0 Å². The molecule has 0 amide bonds. The van der Waals surface area contributed by atoms with E-state index in [9.17, 15) is 8.42 Å². The molecule has 0 aromatic heterocycles. The summed E-state index contributed by atoms with van der Waals surface area (Å²) in [6.45, 7) is 4.70. The monoisotopic (exact) mass is 277 g/mol. The molecule has 3 atom stereocenters. The molecular formula is C13H27NO3S. The van der Waals surface area contributed by atoms with Gasteiger partial charge in [-0.25, -0.2) is 8.42 Å². The summed E-state index contributed by atoms with van der Waals surface area (Å²) >= 11 is 0. The highest BCUT2D eigenvalue weighted by Crippen LogP contribution is 2.28. The van der Waals surface area contributed by atoms with Crippen molar-refractivity contribution in [2.24, 2.45) is 5.92 Å². The maximum atomic E-state index is 11.5. The lowest BCUT2D eigenvalue weighted by Crippen LogP contribution is -2.38. The maximum absolute atomic E-state index is 11.5. The van der Waals surface area contributed by atoms with Crippen LogP contribution < -0.4 is 5.32 Å². The first-order valence-corrected chi connectivity index (χ1v) is 8.85. The quantitative estimate of drug-likeness (QED) is 0.732. The standard InChI is InChI=1S/C13H27NO3S/c1-4-13-11(8-9-17-13)12(14-3)7-6-10-18(15,16)5-2/h11-14H,4-10H2,1-3H3. The Hall–Kier alpha value is -0.130. The van der Waals surface area contributed by atoms with Gasteiger partial charge in [0.15, 0.2) is 0 Å². The molecule has 5 heteroatoms. The zero-order valence-corrected chi connectivity index (χ0v) is 12.6. The van der Waals surface area contributed by atoms with Gasteiger partial charge in [-0.1, -0.05) is 13.8 Å². The number of sulfone groups is 1. The maximum Gasteiger partial charge on any atom is 0.150 e. The first kappa shape index (κ1) is 15.9. The molecule has 3 unspecified atom stereocenters. The van der Waals surface area contributed by atoms with Crippen LogP contribution in [0.4, 0.5) is 0 Å². The molecule has 0 aromatic rings. The van der Waals surface area contributed by atoms with Crippen molar-refractivity contribution in [3.05, 3.63) is 0 Å². The predicted octanol–water partition coefficient (Wildman–Crippen LogP) is 1.60. The minimum absolute atomic E-state index is 0.251. The lowest BCUT2D eigenvalue weighted by atomic mass is 9.89. The Morgan fingerprint density at radius 3 is 2.67 bits per heavy atom. The molecular weight excluding hydrogens is 250 g/mol. The first-order valence-electron chi connectivity index (χ1n) is 7.03. The van der Waals surface area contributed by atoms with Gasteiger partial charge in [0, 0.05) is 24.3 Å². The van der Waals surface area contributed by atoms with Crippen LogP contribution in [-0.2, 0) is 14.6 Å². The Bertz CT molecular complexity index is 329. The average Bonchev–Trinajstić information content (AvgIpc) is 2.82. The fourth-order valence-electron chi connectivity index (χ4n) is 2.79. The Balaban J connectivity index is 2.42. The molecule has 0 aliphatic carbocycles. The van der Waals surface area contributed by atoms with Crippen LogP contribution in [0.2, 0.25) is 0 Å². The summed E-state index contributed by atoms with van der Waals surface area (Å²) in [4.78, 5) is 0. The zero-order valence-electron chi connectivity index (χ0n) is 11.8. The van der Waals surface area contributed by atoms with E-state index in [4.69, 9.17) is 4.74 Å². The Kier molecular flexibility index (Phi) is 6.60. The Morgan fingerprint density at radius 1 is 1.39 bits per heavy atom. The van der Waals surface area contributed by atoms with Crippen molar-refractivity contribution in [1.82, 2.24) is 5.32 Å². The summed E-state index contributed by atoms with van der Waals surface area (Å²) < 4.78 is 28.6. The van der Waals surface area contributed by atoms with E-state index in [-0.39, 0.29) is 5.75 Å². The highest BCUT2D eigenvalue weighted by molar-refractivity contribution is 7.91. The van der Waals surface area contributed by atoms with Gasteiger partial charge < -0.3 is 10.1 Å². The molecule has 18 heavy (non-hydrogen) atoms. The molecule has 1 fully saturated rings. The Morgan fingerprint density at radius 2 is 2.11 bits per heavy atom. The van der Waals surface area contributed by atoms with Gasteiger partial charge in [0.25, 0.3) is 0 Å². The third kappa shape index (κ3) is 4.52. The van der Waals surface area contributed by atoms with E-state index in [0.717, 1.165) is 32.3 Å². The average molecular weight is 277 g/mol. The molecule has 108 valence electrons. The third-order valence-corrected chi connectivity index (χ3v) is 5.75. The van der Waals surface area contributed by atoms with Crippen LogP contribution in [-0.4, -0.2) is 45.7 Å². The summed E-state index contributed by atoms with van der Waals surface area (Å²) in [5.74, 6) is 1.09. The van der Waals surface area contributed by atoms with E-state index in [0.29, 0.717) is 23.8 Å². The minimum atomic E-state index is -2.83. The van der Waals surface area contributed by atoms with Crippen molar-refractivity contribution >= 4 is 9.84 Å². The van der Waals surface area contributed by atoms with Crippen LogP contribution in [0.1, 0.15) is 39.5 Å². The second kappa shape index (κ2) is 7.46. The van der Waals surface area contributed by atoms with Gasteiger partial charge in [0.1, 0.15) is 9.84 Å². The van der Waals surface area contributed by atoms with Crippen molar-refractivity contribution in [3.8, 4) is 0 Å². The van der Waals surface area contributed by atoms with Gasteiger partial charge in [0.05, 0.1) is 11.9 Å². The topological polar surface area (TPSA) is 55.4 Å². The summed E-state index contributed by atoms with van der Waals surface area (Å²) in [6, 6.07) is 0.379. The van der Waals surface area contributed by atoms with E-state index < -0.39 is 9.84 Å². The van der Waals surface area contributed by atoms with Crippen molar-refractivity contribution in [1.29, 1.82) is 0 Å². The molecule has 1 heterocycles. The molecule has 0 saturated carbocycles. The van der Waals surface area contributed by atoms with Gasteiger partial charge in [-0.15, -0.1) is 0 Å². The normalized spacial score (nSPS) is 26.4. The van der Waals surface area contributed by atoms with Gasteiger partial charge >= 0.3 is 0 Å². The zero-order chi connectivity index (χ0) is 13.6. The number of nitrogens with one attached hydrogen (secondary N) is 1. The lowest BCUT2D eigenvalue weighted by molar-refractivity contribution is 0.0773. The molecule has 1 N–H and O–H groups in total. The molecule has 1 aliphatic rings. The van der Waals surface area contributed by atoms with E-state index in [2.05, 4.69) is 12.2 Å². The SMILES string of the molecule is CCC1OCCC1C(CCCS(=O)(=O)CC)NC. The largest absolute Gasteiger partial charge is 0.378 e. The minimum Gasteiger partial charge on any atom is -0.378 e. The lowest BCUT2D eigenvalue weighted by Gasteiger charge is -2.26. The molecule has 1 rings (SSSR count). The molecule has 0 aromatic carbocycles. The first-order chi connectivity index (χ1) is 8.54. The second-order valence-corrected chi connectivity index (χ2v) is 7.52. The van der Waals surface area contributed by atoms with Crippen LogP contribution >= 0.6 is 0 Å². The molecule has 0 bridgehead atoms. The molecule has 1 aliphatic heterocycles. The highest BCUT2D eigenvalue weighted by Gasteiger charge is 2.32. The van der Waals surface area contributed by atoms with Crippen molar-refractivity contribution < 1.29 is 13.2 Å². The highest BCUT2D eigenvalue weighted by atomic mass is 32.2. The van der Waals surface area contributed by atoms with E-state index in [1.807, 2.05) is 7.05 Å². The van der Waals surface area contributed by atoms with Crippen LogP contribution in [0.5, 0.6) is 0 Å². The van der Waals surface area contributed by atoms with Crippen molar-refractivity contribution in [3.63, 3.8) is 0 Å². The van der Waals surface area contributed by atoms with Crippen LogP contribution in [0.25, 0.3) is 0 Å².